The zero-order valence-corrected chi connectivity index (χ0v) is 9.15. The number of carbonyl (C=O) groups is 1. The molecule has 1 amide bonds. The third-order valence-electron chi connectivity index (χ3n) is 2.20. The molecule has 0 aliphatic rings. The van der Waals surface area contributed by atoms with Crippen molar-refractivity contribution >= 4 is 17.3 Å². The summed E-state index contributed by atoms with van der Waals surface area (Å²) in [6, 6.07) is 5.67. The maximum atomic E-state index is 13.3. The number of hydrogen-bond acceptors (Lipinski definition) is 3. The van der Waals surface area contributed by atoms with E-state index >= 15 is 0 Å². The zero-order chi connectivity index (χ0) is 13.1. The van der Waals surface area contributed by atoms with Crippen LogP contribution in [0.3, 0.4) is 0 Å². The molecular weight excluding hydrogens is 240 g/mol. The second kappa shape index (κ2) is 4.79. The van der Waals surface area contributed by atoms with Crippen molar-refractivity contribution in [2.24, 2.45) is 0 Å². The number of carbonyl (C=O) groups excluding carboxylic acids is 1. The first-order valence-electron chi connectivity index (χ1n) is 5.04. The van der Waals surface area contributed by atoms with Gasteiger partial charge in [-0.2, -0.15) is 0 Å². The number of nitrogen functional groups attached to an aromatic ring is 1. The van der Waals surface area contributed by atoms with E-state index in [1.165, 1.54) is 18.3 Å². The van der Waals surface area contributed by atoms with Crippen molar-refractivity contribution < 1.29 is 13.6 Å². The molecule has 1 heterocycles. The van der Waals surface area contributed by atoms with Gasteiger partial charge in [0.2, 0.25) is 0 Å². The monoisotopic (exact) mass is 249 g/mol. The van der Waals surface area contributed by atoms with E-state index < -0.39 is 17.5 Å². The quantitative estimate of drug-likeness (QED) is 0.857. The summed E-state index contributed by atoms with van der Waals surface area (Å²) in [5, 5.41) is 2.23. The SMILES string of the molecule is Nc1ccc(C(=O)Nc2cc(F)ccc2F)nc1. The summed E-state index contributed by atoms with van der Waals surface area (Å²) in [4.78, 5) is 15.5. The minimum absolute atomic E-state index is 0.0628. The number of halogens is 2. The summed E-state index contributed by atoms with van der Waals surface area (Å²) >= 11 is 0. The van der Waals surface area contributed by atoms with Crippen molar-refractivity contribution in [2.75, 3.05) is 11.1 Å². The lowest BCUT2D eigenvalue weighted by Gasteiger charge is -2.06. The smallest absolute Gasteiger partial charge is 0.274 e. The van der Waals surface area contributed by atoms with Crippen LogP contribution in [0.15, 0.2) is 36.5 Å². The highest BCUT2D eigenvalue weighted by atomic mass is 19.1. The van der Waals surface area contributed by atoms with Gasteiger partial charge in [-0.3, -0.25) is 4.79 Å². The Labute approximate surface area is 101 Å². The number of nitrogens with one attached hydrogen (secondary N) is 1. The maximum Gasteiger partial charge on any atom is 0.274 e. The van der Waals surface area contributed by atoms with Crippen LogP contribution in [0.1, 0.15) is 10.5 Å². The predicted molar refractivity (Wildman–Crippen MR) is 63.0 cm³/mol. The molecule has 18 heavy (non-hydrogen) atoms. The summed E-state index contributed by atoms with van der Waals surface area (Å²) in [6.45, 7) is 0. The Morgan fingerprint density at radius 2 is 2.00 bits per heavy atom. The highest BCUT2D eigenvalue weighted by Crippen LogP contribution is 2.16. The first kappa shape index (κ1) is 12.0. The van der Waals surface area contributed by atoms with Crippen molar-refractivity contribution in [2.45, 2.75) is 0 Å². The number of aromatic nitrogens is 1. The Kier molecular flexibility index (Phi) is 3.18. The summed E-state index contributed by atoms with van der Waals surface area (Å²) in [5.41, 5.74) is 5.65. The topological polar surface area (TPSA) is 68.0 Å². The number of hydrogen-bond donors (Lipinski definition) is 2. The van der Waals surface area contributed by atoms with Crippen LogP contribution in [0.2, 0.25) is 0 Å². The molecule has 0 bridgehead atoms. The molecule has 92 valence electrons. The molecule has 0 aliphatic carbocycles. The summed E-state index contributed by atoms with van der Waals surface area (Å²) in [7, 11) is 0. The van der Waals surface area contributed by atoms with Gasteiger partial charge in [-0.15, -0.1) is 0 Å². The fraction of sp³-hybridized carbons (Fsp3) is 0. The molecule has 0 aliphatic heterocycles. The number of benzene rings is 1. The maximum absolute atomic E-state index is 13.3. The molecule has 1 aromatic carbocycles. The first-order valence-corrected chi connectivity index (χ1v) is 5.04. The first-order chi connectivity index (χ1) is 8.56. The molecule has 0 saturated carbocycles. The normalized spacial score (nSPS) is 10.1. The van der Waals surface area contributed by atoms with E-state index in [9.17, 15) is 13.6 Å². The van der Waals surface area contributed by atoms with E-state index in [4.69, 9.17) is 5.73 Å². The van der Waals surface area contributed by atoms with Gasteiger partial charge in [0, 0.05) is 6.07 Å². The van der Waals surface area contributed by atoms with E-state index in [-0.39, 0.29) is 11.4 Å². The molecule has 4 nitrogen and oxygen atoms in total. The number of pyridine rings is 1. The second-order valence-electron chi connectivity index (χ2n) is 3.56. The van der Waals surface area contributed by atoms with E-state index in [1.807, 2.05) is 0 Å². The number of rotatable bonds is 2. The number of amides is 1. The van der Waals surface area contributed by atoms with Crippen molar-refractivity contribution in [3.63, 3.8) is 0 Å². The van der Waals surface area contributed by atoms with Crippen LogP contribution in [-0.4, -0.2) is 10.9 Å². The Hall–Kier alpha value is -2.50. The number of nitrogens with two attached hydrogens (primary N) is 1. The Morgan fingerprint density at radius 1 is 1.22 bits per heavy atom. The highest BCUT2D eigenvalue weighted by molar-refractivity contribution is 6.02. The summed E-state index contributed by atoms with van der Waals surface area (Å²) in [6.07, 6.45) is 1.30. The number of nitrogens with zero attached hydrogens (tertiary/aromatic N) is 1. The molecular formula is C12H9F2N3O. The molecule has 0 fully saturated rings. The third-order valence-corrected chi connectivity index (χ3v) is 2.20. The fourth-order valence-corrected chi connectivity index (χ4v) is 1.32. The Bertz CT molecular complexity index is 584. The van der Waals surface area contributed by atoms with Gasteiger partial charge >= 0.3 is 0 Å². The lowest BCUT2D eigenvalue weighted by molar-refractivity contribution is 0.102. The van der Waals surface area contributed by atoms with Crippen molar-refractivity contribution in [3.05, 3.63) is 53.9 Å². The number of anilines is 2. The largest absolute Gasteiger partial charge is 0.397 e. The molecule has 2 aromatic rings. The Balaban J connectivity index is 2.21. The van der Waals surface area contributed by atoms with Gasteiger partial charge in [0.1, 0.15) is 17.3 Å². The van der Waals surface area contributed by atoms with Gasteiger partial charge in [-0.1, -0.05) is 0 Å². The summed E-state index contributed by atoms with van der Waals surface area (Å²) in [5.74, 6) is -2.00. The van der Waals surface area contributed by atoms with Gasteiger partial charge < -0.3 is 11.1 Å². The van der Waals surface area contributed by atoms with Gasteiger partial charge in [0.05, 0.1) is 17.6 Å². The van der Waals surface area contributed by atoms with E-state index in [2.05, 4.69) is 10.3 Å². The van der Waals surface area contributed by atoms with Crippen LogP contribution in [0.4, 0.5) is 20.2 Å². The van der Waals surface area contributed by atoms with Crippen LogP contribution in [0.25, 0.3) is 0 Å². The molecule has 3 N–H and O–H groups in total. The van der Waals surface area contributed by atoms with E-state index in [1.54, 1.807) is 0 Å². The van der Waals surface area contributed by atoms with Gasteiger partial charge in [-0.05, 0) is 24.3 Å². The average molecular weight is 249 g/mol. The standard InChI is InChI=1S/C12H9F2N3O/c13-7-1-3-9(14)11(5-7)17-12(18)10-4-2-8(15)6-16-10/h1-6H,15H2,(H,17,18). The van der Waals surface area contributed by atoms with Crippen LogP contribution >= 0.6 is 0 Å². The lowest BCUT2D eigenvalue weighted by Crippen LogP contribution is -2.14. The molecule has 1 aromatic heterocycles. The third kappa shape index (κ3) is 2.60. The average Bonchev–Trinajstić information content (AvgIpc) is 2.34. The lowest BCUT2D eigenvalue weighted by atomic mass is 10.2. The molecule has 2 rings (SSSR count). The predicted octanol–water partition coefficient (Wildman–Crippen LogP) is 2.19. The van der Waals surface area contributed by atoms with E-state index in [0.29, 0.717) is 5.69 Å². The fourth-order valence-electron chi connectivity index (χ4n) is 1.32. The van der Waals surface area contributed by atoms with Crippen LogP contribution in [0, 0.1) is 11.6 Å². The zero-order valence-electron chi connectivity index (χ0n) is 9.15. The minimum Gasteiger partial charge on any atom is -0.397 e. The van der Waals surface area contributed by atoms with Crippen LogP contribution in [0.5, 0.6) is 0 Å². The van der Waals surface area contributed by atoms with Crippen LogP contribution < -0.4 is 11.1 Å². The van der Waals surface area contributed by atoms with Gasteiger partial charge in [0.25, 0.3) is 5.91 Å². The molecule has 0 atom stereocenters. The van der Waals surface area contributed by atoms with Gasteiger partial charge in [0.15, 0.2) is 0 Å². The summed E-state index contributed by atoms with van der Waals surface area (Å²) < 4.78 is 26.2. The van der Waals surface area contributed by atoms with Crippen molar-refractivity contribution in [3.8, 4) is 0 Å². The molecule has 6 heteroatoms. The highest BCUT2D eigenvalue weighted by Gasteiger charge is 2.11. The second-order valence-corrected chi connectivity index (χ2v) is 3.56. The molecule has 0 spiro atoms. The molecule has 0 radical (unpaired) electrons. The van der Waals surface area contributed by atoms with Crippen molar-refractivity contribution in [1.29, 1.82) is 0 Å². The van der Waals surface area contributed by atoms with Crippen molar-refractivity contribution in [1.82, 2.24) is 4.98 Å². The minimum atomic E-state index is -0.722. The van der Waals surface area contributed by atoms with Gasteiger partial charge in [-0.25, -0.2) is 13.8 Å². The molecule has 0 unspecified atom stereocenters. The van der Waals surface area contributed by atoms with E-state index in [0.717, 1.165) is 18.2 Å². The Morgan fingerprint density at radius 3 is 2.67 bits per heavy atom. The van der Waals surface area contributed by atoms with Crippen LogP contribution in [-0.2, 0) is 0 Å². The molecule has 0 saturated heterocycles.